The Morgan fingerprint density at radius 2 is 1.96 bits per heavy atom. The van der Waals surface area contributed by atoms with Gasteiger partial charge >= 0.3 is 0 Å². The summed E-state index contributed by atoms with van der Waals surface area (Å²) < 4.78 is 5.90. The highest BCUT2D eigenvalue weighted by molar-refractivity contribution is 5.97. The molecule has 3 heterocycles. The van der Waals surface area contributed by atoms with E-state index in [1.54, 1.807) is 6.07 Å². The zero-order chi connectivity index (χ0) is 16.1. The molecule has 1 saturated heterocycles. The Morgan fingerprint density at radius 1 is 1.12 bits per heavy atom. The number of aromatic amines is 1. The second kappa shape index (κ2) is 4.80. The number of hydrogen-bond acceptors (Lipinski definition) is 4. The van der Waals surface area contributed by atoms with Crippen LogP contribution < -0.4 is 4.74 Å². The number of carbonyl (C=O) groups excluding carboxylic acids is 1. The van der Waals surface area contributed by atoms with Gasteiger partial charge in [-0.2, -0.15) is 15.4 Å². The zero-order valence-corrected chi connectivity index (χ0v) is 13.0. The Morgan fingerprint density at radius 3 is 2.88 bits per heavy atom. The number of rotatable bonds is 1. The first-order chi connectivity index (χ1) is 11.7. The number of fused-ring (bicyclic) bond motifs is 2. The van der Waals surface area contributed by atoms with E-state index in [1.807, 2.05) is 35.2 Å². The van der Waals surface area contributed by atoms with Gasteiger partial charge in [-0.25, -0.2) is 0 Å². The van der Waals surface area contributed by atoms with Crippen LogP contribution >= 0.6 is 0 Å². The quantitative estimate of drug-likeness (QED) is 0.745. The van der Waals surface area contributed by atoms with Crippen LogP contribution in [0.1, 0.15) is 15.9 Å². The molecule has 1 fully saturated rings. The van der Waals surface area contributed by atoms with Crippen LogP contribution in [0, 0.1) is 5.41 Å². The lowest BCUT2D eigenvalue weighted by atomic mass is 9.73. The second-order valence-corrected chi connectivity index (χ2v) is 6.76. The molecule has 1 N–H and O–H groups in total. The number of hydrogen-bond donors (Lipinski definition) is 1. The number of para-hydroxylation sites is 1. The van der Waals surface area contributed by atoms with Crippen LogP contribution in [-0.4, -0.2) is 45.9 Å². The van der Waals surface area contributed by atoms with Gasteiger partial charge in [0.25, 0.3) is 5.91 Å². The molecule has 120 valence electrons. The summed E-state index contributed by atoms with van der Waals surface area (Å²) >= 11 is 0. The summed E-state index contributed by atoms with van der Waals surface area (Å²) in [6.07, 6.45) is 0.968. The smallest absolute Gasteiger partial charge is 0.253 e. The number of likely N-dealkylation sites (tertiary alicyclic amines) is 1. The van der Waals surface area contributed by atoms with E-state index >= 15 is 0 Å². The predicted molar refractivity (Wildman–Crippen MR) is 87.9 cm³/mol. The first-order valence-corrected chi connectivity index (χ1v) is 8.03. The fraction of sp³-hybridized carbons (Fsp3) is 0.278. The molecule has 0 bridgehead atoms. The molecule has 0 aliphatic carbocycles. The minimum atomic E-state index is 0.0457. The molecular weight excluding hydrogens is 304 g/mol. The molecule has 5 rings (SSSR count). The summed E-state index contributed by atoms with van der Waals surface area (Å²) in [5.74, 6) is 1.02. The molecule has 24 heavy (non-hydrogen) atoms. The summed E-state index contributed by atoms with van der Waals surface area (Å²) in [5.41, 5.74) is 3.43. The van der Waals surface area contributed by atoms with Crippen molar-refractivity contribution in [2.45, 2.75) is 6.42 Å². The van der Waals surface area contributed by atoms with Crippen LogP contribution in [0.15, 0.2) is 42.5 Å². The first-order valence-electron chi connectivity index (χ1n) is 8.03. The Hall–Kier alpha value is -2.89. The van der Waals surface area contributed by atoms with Gasteiger partial charge in [0.2, 0.25) is 0 Å². The molecule has 0 atom stereocenters. The van der Waals surface area contributed by atoms with Gasteiger partial charge in [0.05, 0.1) is 6.61 Å². The third kappa shape index (κ3) is 1.99. The first kappa shape index (κ1) is 13.5. The van der Waals surface area contributed by atoms with E-state index < -0.39 is 0 Å². The molecular formula is C18H16N4O2. The highest BCUT2D eigenvalue weighted by Crippen LogP contribution is 2.41. The highest BCUT2D eigenvalue weighted by Gasteiger charge is 2.48. The number of nitrogens with one attached hydrogen (secondary N) is 1. The SMILES string of the molecule is O=C(c1ccc2n[nH]nc2c1)N1CC2(COc3ccccc3C2)C1. The summed E-state index contributed by atoms with van der Waals surface area (Å²) in [6.45, 7) is 2.14. The normalized spacial score (nSPS) is 18.1. The monoisotopic (exact) mass is 320 g/mol. The molecule has 0 saturated carbocycles. The number of H-pyrrole nitrogens is 1. The zero-order valence-electron chi connectivity index (χ0n) is 13.0. The molecule has 2 aliphatic heterocycles. The average molecular weight is 320 g/mol. The van der Waals surface area contributed by atoms with E-state index in [0.29, 0.717) is 17.7 Å². The van der Waals surface area contributed by atoms with E-state index in [-0.39, 0.29) is 11.3 Å². The second-order valence-electron chi connectivity index (χ2n) is 6.76. The van der Waals surface area contributed by atoms with Crippen molar-refractivity contribution in [3.63, 3.8) is 0 Å². The van der Waals surface area contributed by atoms with Crippen molar-refractivity contribution in [1.82, 2.24) is 20.3 Å². The van der Waals surface area contributed by atoms with Gasteiger partial charge in [-0.1, -0.05) is 18.2 Å². The van der Waals surface area contributed by atoms with E-state index in [0.717, 1.165) is 30.8 Å². The maximum absolute atomic E-state index is 12.7. The minimum absolute atomic E-state index is 0.0457. The standard InChI is InChI=1S/C18H16N4O2/c23-17(12-5-6-14-15(7-12)20-21-19-14)22-9-18(10-22)8-13-3-1-2-4-16(13)24-11-18/h1-7H,8-11H2,(H,19,20,21). The fourth-order valence-corrected chi connectivity index (χ4v) is 3.74. The number of amides is 1. The van der Waals surface area contributed by atoms with E-state index in [2.05, 4.69) is 21.5 Å². The molecule has 1 amide bonds. The van der Waals surface area contributed by atoms with Gasteiger partial charge < -0.3 is 9.64 Å². The average Bonchev–Trinajstić information content (AvgIpc) is 3.06. The van der Waals surface area contributed by atoms with Gasteiger partial charge in [-0.05, 0) is 36.2 Å². The summed E-state index contributed by atoms with van der Waals surface area (Å²) in [4.78, 5) is 14.6. The van der Waals surface area contributed by atoms with Crippen LogP contribution in [-0.2, 0) is 6.42 Å². The van der Waals surface area contributed by atoms with Crippen LogP contribution in [0.3, 0.4) is 0 Å². The van der Waals surface area contributed by atoms with Gasteiger partial charge in [-0.3, -0.25) is 4.79 Å². The molecule has 1 aromatic heterocycles. The Labute approximate surface area is 138 Å². The van der Waals surface area contributed by atoms with Gasteiger partial charge in [0.15, 0.2) is 0 Å². The number of nitrogens with zero attached hydrogens (tertiary/aromatic N) is 3. The van der Waals surface area contributed by atoms with Crippen LogP contribution in [0.5, 0.6) is 5.75 Å². The summed E-state index contributed by atoms with van der Waals surface area (Å²) in [5, 5.41) is 10.6. The molecule has 0 unspecified atom stereocenters. The lowest BCUT2D eigenvalue weighted by Gasteiger charge is -2.51. The summed E-state index contributed by atoms with van der Waals surface area (Å²) in [6, 6.07) is 13.6. The third-order valence-electron chi connectivity index (χ3n) is 4.97. The molecule has 6 nitrogen and oxygen atoms in total. The third-order valence-corrected chi connectivity index (χ3v) is 4.97. The Kier molecular flexibility index (Phi) is 2.71. The molecule has 1 spiro atoms. The van der Waals surface area contributed by atoms with Gasteiger partial charge in [0.1, 0.15) is 16.8 Å². The maximum atomic E-state index is 12.7. The minimum Gasteiger partial charge on any atom is -0.493 e. The lowest BCUT2D eigenvalue weighted by molar-refractivity contribution is -0.0290. The Bertz CT molecular complexity index is 943. The van der Waals surface area contributed by atoms with E-state index in [4.69, 9.17) is 4.74 Å². The maximum Gasteiger partial charge on any atom is 0.253 e. The summed E-state index contributed by atoms with van der Waals surface area (Å²) in [7, 11) is 0. The van der Waals surface area contributed by atoms with Crippen molar-refractivity contribution in [1.29, 1.82) is 0 Å². The molecule has 3 aromatic rings. The predicted octanol–water partition coefficient (Wildman–Crippen LogP) is 2.04. The van der Waals surface area contributed by atoms with Crippen molar-refractivity contribution < 1.29 is 9.53 Å². The topological polar surface area (TPSA) is 71.1 Å². The lowest BCUT2D eigenvalue weighted by Crippen LogP contribution is -2.62. The van der Waals surface area contributed by atoms with Crippen molar-refractivity contribution in [3.8, 4) is 5.75 Å². The van der Waals surface area contributed by atoms with E-state index in [1.165, 1.54) is 5.56 Å². The number of carbonyl (C=O) groups is 1. The number of ether oxygens (including phenoxy) is 1. The van der Waals surface area contributed by atoms with Crippen molar-refractivity contribution >= 4 is 16.9 Å². The molecule has 6 heteroatoms. The van der Waals surface area contributed by atoms with Crippen LogP contribution in [0.25, 0.3) is 11.0 Å². The largest absolute Gasteiger partial charge is 0.493 e. The van der Waals surface area contributed by atoms with Crippen LogP contribution in [0.2, 0.25) is 0 Å². The van der Waals surface area contributed by atoms with E-state index in [9.17, 15) is 4.79 Å². The number of benzene rings is 2. The number of aromatic nitrogens is 3. The molecule has 0 radical (unpaired) electrons. The van der Waals surface area contributed by atoms with Gasteiger partial charge in [0, 0.05) is 24.1 Å². The highest BCUT2D eigenvalue weighted by atomic mass is 16.5. The fourth-order valence-electron chi connectivity index (χ4n) is 3.74. The molecule has 2 aromatic carbocycles. The molecule has 2 aliphatic rings. The van der Waals surface area contributed by atoms with Crippen molar-refractivity contribution in [3.05, 3.63) is 53.6 Å². The Balaban J connectivity index is 1.33. The van der Waals surface area contributed by atoms with Crippen molar-refractivity contribution in [2.24, 2.45) is 5.41 Å². The van der Waals surface area contributed by atoms with Crippen LogP contribution in [0.4, 0.5) is 0 Å². The van der Waals surface area contributed by atoms with Crippen molar-refractivity contribution in [2.75, 3.05) is 19.7 Å². The van der Waals surface area contributed by atoms with Gasteiger partial charge in [-0.15, -0.1) is 0 Å².